The molecule has 27 heavy (non-hydrogen) atoms. The molecule has 2 aromatic rings. The smallest absolute Gasteiger partial charge is 0.267 e. The number of aromatic amines is 1. The molecule has 142 valence electrons. The van der Waals surface area contributed by atoms with Gasteiger partial charge in [-0.05, 0) is 56.2 Å². The van der Waals surface area contributed by atoms with E-state index in [9.17, 15) is 18.7 Å². The maximum Gasteiger partial charge on any atom is 0.267 e. The highest BCUT2D eigenvalue weighted by atomic mass is 19.1. The topological polar surface area (TPSA) is 65.1 Å². The molecule has 0 saturated heterocycles. The zero-order valence-electron chi connectivity index (χ0n) is 14.9. The molecule has 2 aliphatic rings. The van der Waals surface area contributed by atoms with Crippen LogP contribution in [0.1, 0.15) is 42.6 Å². The van der Waals surface area contributed by atoms with E-state index >= 15 is 0 Å². The van der Waals surface area contributed by atoms with Crippen LogP contribution in [0.25, 0.3) is 11.1 Å². The first-order chi connectivity index (χ1) is 12.9. The Hall–Kier alpha value is -2.47. The quantitative estimate of drug-likeness (QED) is 0.712. The fraction of sp³-hybridized carbons (Fsp3) is 0.381. The second-order valence-electron chi connectivity index (χ2n) is 7.68. The van der Waals surface area contributed by atoms with E-state index < -0.39 is 17.2 Å². The maximum atomic E-state index is 13.9. The van der Waals surface area contributed by atoms with Crippen LogP contribution in [-0.2, 0) is 0 Å². The summed E-state index contributed by atoms with van der Waals surface area (Å²) in [5.74, 6) is -1.48. The molecule has 1 fully saturated rings. The standard InChI is InChI=1S/C21H22F2N2O2/c22-16-3-4-17(18(23)8-16)15-7-19(24-12-15)20(26)25-11-14-6-13-2-1-5-21(27,9-13)10-14/h3-4,6-8,12,14,24,27H,1-2,5,9-11H2,(H,25,26). The van der Waals surface area contributed by atoms with Crippen molar-refractivity contribution in [3.05, 3.63) is 59.4 Å². The fourth-order valence-corrected chi connectivity index (χ4v) is 4.30. The zero-order chi connectivity index (χ0) is 19.0. The molecule has 3 N–H and O–H groups in total. The van der Waals surface area contributed by atoms with Crippen molar-refractivity contribution >= 4 is 5.91 Å². The lowest BCUT2D eigenvalue weighted by Crippen LogP contribution is -2.41. The van der Waals surface area contributed by atoms with Gasteiger partial charge in [0.05, 0.1) is 5.60 Å². The minimum atomic E-state index is -0.672. The minimum absolute atomic E-state index is 0.118. The molecule has 6 heteroatoms. The lowest BCUT2D eigenvalue weighted by Gasteiger charge is -2.40. The van der Waals surface area contributed by atoms with Crippen LogP contribution >= 0.6 is 0 Å². The first-order valence-electron chi connectivity index (χ1n) is 9.26. The molecular weight excluding hydrogens is 350 g/mol. The van der Waals surface area contributed by atoms with Crippen LogP contribution in [0.3, 0.4) is 0 Å². The third-order valence-corrected chi connectivity index (χ3v) is 5.50. The molecule has 2 bridgehead atoms. The Morgan fingerprint density at radius 1 is 1.33 bits per heavy atom. The Labute approximate surface area is 156 Å². The highest BCUT2D eigenvalue weighted by molar-refractivity contribution is 5.94. The number of amides is 1. The van der Waals surface area contributed by atoms with Crippen LogP contribution in [-0.4, -0.2) is 28.1 Å². The van der Waals surface area contributed by atoms with Gasteiger partial charge < -0.3 is 15.4 Å². The summed E-state index contributed by atoms with van der Waals surface area (Å²) in [6.07, 6.45) is 7.98. The van der Waals surface area contributed by atoms with Gasteiger partial charge in [-0.1, -0.05) is 11.6 Å². The van der Waals surface area contributed by atoms with Crippen LogP contribution in [0.5, 0.6) is 0 Å². The van der Waals surface area contributed by atoms with Crippen molar-refractivity contribution in [1.82, 2.24) is 10.3 Å². The molecule has 2 aliphatic carbocycles. The van der Waals surface area contributed by atoms with Crippen molar-refractivity contribution in [1.29, 1.82) is 0 Å². The van der Waals surface area contributed by atoms with Crippen LogP contribution in [0.2, 0.25) is 0 Å². The molecule has 1 saturated carbocycles. The van der Waals surface area contributed by atoms with Gasteiger partial charge in [-0.15, -0.1) is 0 Å². The van der Waals surface area contributed by atoms with Gasteiger partial charge in [-0.3, -0.25) is 4.79 Å². The molecule has 2 unspecified atom stereocenters. The lowest BCUT2D eigenvalue weighted by atomic mass is 9.71. The Morgan fingerprint density at radius 2 is 2.19 bits per heavy atom. The maximum absolute atomic E-state index is 13.9. The van der Waals surface area contributed by atoms with E-state index in [4.69, 9.17) is 0 Å². The number of carbonyl (C=O) groups is 1. The molecule has 4 rings (SSSR count). The van der Waals surface area contributed by atoms with Crippen molar-refractivity contribution < 1.29 is 18.7 Å². The van der Waals surface area contributed by atoms with E-state index in [1.807, 2.05) is 0 Å². The minimum Gasteiger partial charge on any atom is -0.390 e. The number of halogens is 2. The largest absolute Gasteiger partial charge is 0.390 e. The predicted molar refractivity (Wildman–Crippen MR) is 98.1 cm³/mol. The number of fused-ring (bicyclic) bond motifs is 2. The number of hydrogen-bond donors (Lipinski definition) is 3. The molecular formula is C21H22F2N2O2. The number of carbonyl (C=O) groups excluding carboxylic acids is 1. The third kappa shape index (κ3) is 3.81. The summed E-state index contributed by atoms with van der Waals surface area (Å²) in [5.41, 5.74) is 1.69. The van der Waals surface area contributed by atoms with E-state index in [0.29, 0.717) is 24.2 Å². The van der Waals surface area contributed by atoms with Gasteiger partial charge in [-0.2, -0.15) is 0 Å². The summed E-state index contributed by atoms with van der Waals surface area (Å²) in [6.45, 7) is 0.448. The van der Waals surface area contributed by atoms with Crippen molar-refractivity contribution in [2.45, 2.75) is 37.7 Å². The molecule has 0 spiro atoms. The summed E-state index contributed by atoms with van der Waals surface area (Å²) >= 11 is 0. The molecule has 0 radical (unpaired) electrons. The Kier molecular flexibility index (Phi) is 4.60. The molecule has 2 atom stereocenters. The average Bonchev–Trinajstić information content (AvgIpc) is 3.08. The van der Waals surface area contributed by atoms with Crippen molar-refractivity contribution in [3.63, 3.8) is 0 Å². The molecule has 0 aliphatic heterocycles. The molecule has 1 aromatic heterocycles. The van der Waals surface area contributed by atoms with Gasteiger partial charge in [-0.25, -0.2) is 8.78 Å². The van der Waals surface area contributed by atoms with E-state index in [0.717, 1.165) is 31.7 Å². The number of benzene rings is 1. The van der Waals surface area contributed by atoms with Crippen molar-refractivity contribution in [2.24, 2.45) is 5.92 Å². The number of nitrogens with one attached hydrogen (secondary N) is 2. The van der Waals surface area contributed by atoms with Gasteiger partial charge in [0.1, 0.15) is 17.3 Å². The first-order valence-corrected chi connectivity index (χ1v) is 9.26. The van der Waals surface area contributed by atoms with E-state index in [1.165, 1.54) is 23.9 Å². The van der Waals surface area contributed by atoms with Gasteiger partial charge in [0.2, 0.25) is 0 Å². The third-order valence-electron chi connectivity index (χ3n) is 5.50. The normalized spacial score (nSPS) is 24.4. The van der Waals surface area contributed by atoms with Crippen LogP contribution in [0.15, 0.2) is 42.1 Å². The second-order valence-corrected chi connectivity index (χ2v) is 7.68. The van der Waals surface area contributed by atoms with Crippen molar-refractivity contribution in [2.75, 3.05) is 6.54 Å². The molecule has 4 nitrogen and oxygen atoms in total. The summed E-state index contributed by atoms with van der Waals surface area (Å²) in [6, 6.07) is 4.90. The first kappa shape index (κ1) is 17.9. The molecule has 1 amide bonds. The second kappa shape index (κ2) is 6.93. The Bertz CT molecular complexity index is 905. The van der Waals surface area contributed by atoms with E-state index in [-0.39, 0.29) is 17.4 Å². The number of H-pyrrole nitrogens is 1. The number of aromatic nitrogens is 1. The zero-order valence-corrected chi connectivity index (χ0v) is 14.9. The predicted octanol–water partition coefficient (Wildman–Crippen LogP) is 3.94. The Balaban J connectivity index is 1.42. The number of aliphatic hydroxyl groups is 1. The Morgan fingerprint density at radius 3 is 2.96 bits per heavy atom. The SMILES string of the molecule is O=C(NCC1C=C2CCCC(O)(C2)C1)c1cc(-c2ccc(F)cc2F)c[nH]1. The fourth-order valence-electron chi connectivity index (χ4n) is 4.30. The van der Waals surface area contributed by atoms with Crippen LogP contribution < -0.4 is 5.32 Å². The van der Waals surface area contributed by atoms with Crippen LogP contribution in [0.4, 0.5) is 8.78 Å². The van der Waals surface area contributed by atoms with Gasteiger partial charge in [0, 0.05) is 29.9 Å². The molecule has 1 aromatic carbocycles. The number of rotatable bonds is 4. The van der Waals surface area contributed by atoms with Gasteiger partial charge >= 0.3 is 0 Å². The van der Waals surface area contributed by atoms with E-state index in [2.05, 4.69) is 16.4 Å². The summed E-state index contributed by atoms with van der Waals surface area (Å²) in [4.78, 5) is 15.3. The highest BCUT2D eigenvalue weighted by Gasteiger charge is 2.37. The van der Waals surface area contributed by atoms with Gasteiger partial charge in [0.15, 0.2) is 0 Å². The monoisotopic (exact) mass is 372 g/mol. The van der Waals surface area contributed by atoms with Crippen molar-refractivity contribution in [3.8, 4) is 11.1 Å². The average molecular weight is 372 g/mol. The van der Waals surface area contributed by atoms with E-state index in [1.54, 1.807) is 6.07 Å². The number of hydrogen-bond acceptors (Lipinski definition) is 2. The summed E-state index contributed by atoms with van der Waals surface area (Å²) in [7, 11) is 0. The highest BCUT2D eigenvalue weighted by Crippen LogP contribution is 2.41. The lowest BCUT2D eigenvalue weighted by molar-refractivity contribution is -0.00557. The van der Waals surface area contributed by atoms with Gasteiger partial charge in [0.25, 0.3) is 5.91 Å². The summed E-state index contributed by atoms with van der Waals surface area (Å²) in [5, 5.41) is 13.5. The van der Waals surface area contributed by atoms with Crippen LogP contribution in [0, 0.1) is 17.6 Å². The molecule has 1 heterocycles. The summed E-state index contributed by atoms with van der Waals surface area (Å²) < 4.78 is 27.0.